The van der Waals surface area contributed by atoms with Crippen LogP contribution < -0.4 is 0 Å². The molecule has 6 heteroatoms. The summed E-state index contributed by atoms with van der Waals surface area (Å²) >= 11 is 0. The molecule has 1 N–H and O–H groups in total. The van der Waals surface area contributed by atoms with Crippen molar-refractivity contribution in [2.45, 2.75) is 44.6 Å². The summed E-state index contributed by atoms with van der Waals surface area (Å²) in [6.45, 7) is 0.465. The molecule has 0 aromatic heterocycles. The van der Waals surface area contributed by atoms with Crippen LogP contribution in [0.4, 0.5) is 0 Å². The molecular formula is C20H26N2O4. The third-order valence-electron chi connectivity index (χ3n) is 5.42. The highest BCUT2D eigenvalue weighted by molar-refractivity contribution is 5.90. The van der Waals surface area contributed by atoms with Crippen LogP contribution in [0.2, 0.25) is 0 Å². The number of carboxylic acids is 1. The normalized spacial score (nSPS) is 20.5. The fraction of sp³-hybridized carbons (Fsp3) is 0.550. The van der Waals surface area contributed by atoms with Gasteiger partial charge in [0.25, 0.3) is 0 Å². The summed E-state index contributed by atoms with van der Waals surface area (Å²) in [5, 5.41) is 9.18. The van der Waals surface area contributed by atoms with Gasteiger partial charge in [0.15, 0.2) is 0 Å². The van der Waals surface area contributed by atoms with Crippen LogP contribution in [-0.4, -0.2) is 58.4 Å². The lowest BCUT2D eigenvalue weighted by Crippen LogP contribution is -2.42. The van der Waals surface area contributed by atoms with E-state index in [-0.39, 0.29) is 30.8 Å². The van der Waals surface area contributed by atoms with Crippen molar-refractivity contribution in [1.82, 2.24) is 9.80 Å². The molecule has 0 bridgehead atoms. The molecule has 0 spiro atoms. The zero-order valence-corrected chi connectivity index (χ0v) is 15.0. The Labute approximate surface area is 153 Å². The second-order valence-corrected chi connectivity index (χ2v) is 7.27. The highest BCUT2D eigenvalue weighted by atomic mass is 16.4. The number of amides is 2. The zero-order valence-electron chi connectivity index (χ0n) is 15.0. The van der Waals surface area contributed by atoms with Crippen LogP contribution in [0.15, 0.2) is 30.3 Å². The molecule has 1 atom stereocenters. The number of benzene rings is 1. The maximum Gasteiger partial charge on any atom is 0.323 e. The predicted octanol–water partition coefficient (Wildman–Crippen LogP) is 1.93. The Balaban J connectivity index is 1.63. The largest absolute Gasteiger partial charge is 0.480 e. The third-order valence-corrected chi connectivity index (χ3v) is 5.42. The first-order chi connectivity index (χ1) is 12.5. The lowest BCUT2D eigenvalue weighted by atomic mass is 10.1. The number of hydrogen-bond donors (Lipinski definition) is 1. The van der Waals surface area contributed by atoms with Gasteiger partial charge in [0.05, 0.1) is 5.92 Å². The summed E-state index contributed by atoms with van der Waals surface area (Å²) in [4.78, 5) is 39.7. The molecular weight excluding hydrogens is 332 g/mol. The van der Waals surface area contributed by atoms with Crippen molar-refractivity contribution in [1.29, 1.82) is 0 Å². The first kappa shape index (κ1) is 18.4. The van der Waals surface area contributed by atoms with Crippen LogP contribution in [0.5, 0.6) is 0 Å². The van der Waals surface area contributed by atoms with E-state index in [0.717, 1.165) is 31.2 Å². The van der Waals surface area contributed by atoms with Gasteiger partial charge in [-0.25, -0.2) is 0 Å². The standard InChI is InChI=1S/C20H26N2O4/c23-18-12-16(13-22(18)17-8-4-5-9-17)20(26)21(14-19(24)25)11-10-15-6-2-1-3-7-15/h1-3,6-7,16-17H,4-5,8-14H2,(H,24,25). The van der Waals surface area contributed by atoms with Gasteiger partial charge in [0.1, 0.15) is 6.54 Å². The number of aliphatic carboxylic acids is 1. The first-order valence-corrected chi connectivity index (χ1v) is 9.38. The molecule has 1 saturated carbocycles. The fourth-order valence-corrected chi connectivity index (χ4v) is 4.06. The van der Waals surface area contributed by atoms with Gasteiger partial charge in [-0.15, -0.1) is 0 Å². The summed E-state index contributed by atoms with van der Waals surface area (Å²) in [5.41, 5.74) is 1.06. The molecule has 1 aromatic rings. The third kappa shape index (κ3) is 4.42. The highest BCUT2D eigenvalue weighted by Crippen LogP contribution is 2.30. The number of hydrogen-bond acceptors (Lipinski definition) is 3. The fourth-order valence-electron chi connectivity index (χ4n) is 4.06. The molecule has 2 amide bonds. The van der Waals surface area contributed by atoms with Gasteiger partial charge in [0.2, 0.25) is 11.8 Å². The second-order valence-electron chi connectivity index (χ2n) is 7.27. The van der Waals surface area contributed by atoms with E-state index in [1.165, 1.54) is 4.90 Å². The van der Waals surface area contributed by atoms with Gasteiger partial charge in [-0.2, -0.15) is 0 Å². The number of rotatable bonds is 7. The molecule has 2 fully saturated rings. The van der Waals surface area contributed by atoms with Crippen molar-refractivity contribution in [2.75, 3.05) is 19.6 Å². The van der Waals surface area contributed by atoms with Crippen molar-refractivity contribution in [2.24, 2.45) is 5.92 Å². The minimum absolute atomic E-state index is 0.0357. The Kier molecular flexibility index (Phi) is 5.91. The van der Waals surface area contributed by atoms with E-state index >= 15 is 0 Å². The van der Waals surface area contributed by atoms with E-state index in [1.54, 1.807) is 0 Å². The van der Waals surface area contributed by atoms with Crippen LogP contribution >= 0.6 is 0 Å². The maximum atomic E-state index is 12.9. The Hall–Kier alpha value is -2.37. The average Bonchev–Trinajstić information content (AvgIpc) is 3.28. The topological polar surface area (TPSA) is 77.9 Å². The number of carbonyl (C=O) groups excluding carboxylic acids is 2. The van der Waals surface area contributed by atoms with Crippen LogP contribution in [-0.2, 0) is 20.8 Å². The average molecular weight is 358 g/mol. The van der Waals surface area contributed by atoms with Gasteiger partial charge in [-0.05, 0) is 24.8 Å². The smallest absolute Gasteiger partial charge is 0.323 e. The SMILES string of the molecule is O=C(O)CN(CCc1ccccc1)C(=O)C1CC(=O)N(C2CCCC2)C1. The van der Waals surface area contributed by atoms with Crippen molar-refractivity contribution in [3.63, 3.8) is 0 Å². The minimum Gasteiger partial charge on any atom is -0.480 e. The molecule has 1 unspecified atom stereocenters. The molecule has 1 aliphatic heterocycles. The molecule has 3 rings (SSSR count). The highest BCUT2D eigenvalue weighted by Gasteiger charge is 2.40. The molecule has 6 nitrogen and oxygen atoms in total. The van der Waals surface area contributed by atoms with Gasteiger partial charge in [-0.3, -0.25) is 14.4 Å². The maximum absolute atomic E-state index is 12.9. The van der Waals surface area contributed by atoms with Crippen molar-refractivity contribution in [3.05, 3.63) is 35.9 Å². The number of carbonyl (C=O) groups is 3. The Morgan fingerprint density at radius 3 is 2.50 bits per heavy atom. The van der Waals surface area contributed by atoms with E-state index in [2.05, 4.69) is 0 Å². The van der Waals surface area contributed by atoms with Crippen molar-refractivity contribution in [3.8, 4) is 0 Å². The van der Waals surface area contributed by atoms with Crippen LogP contribution in [0.1, 0.15) is 37.7 Å². The molecule has 140 valence electrons. The predicted molar refractivity (Wildman–Crippen MR) is 96.4 cm³/mol. The Morgan fingerprint density at radius 2 is 1.85 bits per heavy atom. The van der Waals surface area contributed by atoms with E-state index in [4.69, 9.17) is 0 Å². The molecule has 0 radical (unpaired) electrons. The summed E-state index contributed by atoms with van der Waals surface area (Å²) in [6.07, 6.45) is 5.10. The van der Waals surface area contributed by atoms with Crippen LogP contribution in [0.3, 0.4) is 0 Å². The monoisotopic (exact) mass is 358 g/mol. The summed E-state index contributed by atoms with van der Waals surface area (Å²) in [6, 6.07) is 9.96. The molecule has 1 heterocycles. The van der Waals surface area contributed by atoms with E-state index in [1.807, 2.05) is 35.2 Å². The van der Waals surface area contributed by atoms with Gasteiger partial charge in [-0.1, -0.05) is 43.2 Å². The molecule has 26 heavy (non-hydrogen) atoms. The molecule has 1 aliphatic carbocycles. The van der Waals surface area contributed by atoms with Gasteiger partial charge in [0, 0.05) is 25.6 Å². The summed E-state index contributed by atoms with van der Waals surface area (Å²) in [7, 11) is 0. The Morgan fingerprint density at radius 1 is 1.15 bits per heavy atom. The summed E-state index contributed by atoms with van der Waals surface area (Å²) in [5.74, 6) is -1.62. The van der Waals surface area contributed by atoms with Gasteiger partial charge >= 0.3 is 5.97 Å². The van der Waals surface area contributed by atoms with E-state index in [0.29, 0.717) is 19.5 Å². The molecule has 1 saturated heterocycles. The van der Waals surface area contributed by atoms with Crippen molar-refractivity contribution >= 4 is 17.8 Å². The number of carboxylic acid groups (broad SMARTS) is 1. The number of nitrogens with zero attached hydrogens (tertiary/aromatic N) is 2. The van der Waals surface area contributed by atoms with Crippen LogP contribution in [0.25, 0.3) is 0 Å². The van der Waals surface area contributed by atoms with E-state index in [9.17, 15) is 19.5 Å². The zero-order chi connectivity index (χ0) is 18.5. The Bertz CT molecular complexity index is 655. The van der Waals surface area contributed by atoms with Gasteiger partial charge < -0.3 is 14.9 Å². The number of likely N-dealkylation sites (tertiary alicyclic amines) is 1. The lowest BCUT2D eigenvalue weighted by molar-refractivity contribution is -0.146. The second kappa shape index (κ2) is 8.34. The van der Waals surface area contributed by atoms with Crippen molar-refractivity contribution < 1.29 is 19.5 Å². The van der Waals surface area contributed by atoms with Crippen LogP contribution in [0, 0.1) is 5.92 Å². The quantitative estimate of drug-likeness (QED) is 0.808. The molecule has 1 aromatic carbocycles. The lowest BCUT2D eigenvalue weighted by Gasteiger charge is -2.26. The minimum atomic E-state index is -1.02. The van der Waals surface area contributed by atoms with E-state index < -0.39 is 11.9 Å². The molecule has 2 aliphatic rings. The summed E-state index contributed by atoms with van der Waals surface area (Å²) < 4.78 is 0. The first-order valence-electron chi connectivity index (χ1n) is 9.38.